The monoisotopic (exact) mass is 523 g/mol. The minimum absolute atomic E-state index is 0.0837. The van der Waals surface area contributed by atoms with E-state index >= 15 is 0 Å². The van der Waals surface area contributed by atoms with Crippen molar-refractivity contribution in [3.8, 4) is 0 Å². The van der Waals surface area contributed by atoms with E-state index in [-0.39, 0.29) is 11.4 Å². The van der Waals surface area contributed by atoms with E-state index in [0.717, 1.165) is 41.5 Å². The summed E-state index contributed by atoms with van der Waals surface area (Å²) >= 11 is 0. The number of halogens is 1. The highest BCUT2D eigenvalue weighted by atomic mass is 19.1. The highest BCUT2D eigenvalue weighted by Crippen LogP contribution is 2.31. The van der Waals surface area contributed by atoms with Crippen LogP contribution in [-0.4, -0.2) is 21.1 Å². The molecule has 2 aromatic heterocycles. The van der Waals surface area contributed by atoms with Gasteiger partial charge in [0.1, 0.15) is 5.82 Å². The van der Waals surface area contributed by atoms with Crippen molar-refractivity contribution >= 4 is 39.9 Å². The number of carbonyl (C=O) groups is 1. The summed E-state index contributed by atoms with van der Waals surface area (Å²) in [6.45, 7) is 6.21. The maximum Gasteiger partial charge on any atom is 0.276 e. The number of nitrogens with one attached hydrogen (secondary N) is 4. The summed E-state index contributed by atoms with van der Waals surface area (Å²) in [6, 6.07) is 12.4. The number of anilines is 3. The first-order valence-electron chi connectivity index (χ1n) is 13.5. The van der Waals surface area contributed by atoms with E-state index in [1.54, 1.807) is 25.1 Å². The lowest BCUT2D eigenvalue weighted by molar-refractivity contribution is 0.102. The van der Waals surface area contributed by atoms with Crippen molar-refractivity contribution in [3.05, 3.63) is 101 Å². The highest BCUT2D eigenvalue weighted by Gasteiger charge is 2.15. The molecule has 1 aliphatic carbocycles. The highest BCUT2D eigenvalue weighted by molar-refractivity contribution is 6.03. The second kappa shape index (κ2) is 11.6. The van der Waals surface area contributed by atoms with Crippen LogP contribution in [-0.2, 0) is 6.42 Å². The van der Waals surface area contributed by atoms with Crippen LogP contribution < -0.4 is 10.6 Å². The van der Waals surface area contributed by atoms with Gasteiger partial charge in [-0.15, -0.1) is 0 Å². The number of aromatic amines is 2. The molecule has 7 heteroatoms. The normalized spacial score (nSPS) is 15.5. The summed E-state index contributed by atoms with van der Waals surface area (Å²) in [4.78, 5) is 16.0. The van der Waals surface area contributed by atoms with Gasteiger partial charge in [-0.25, -0.2) is 4.39 Å². The van der Waals surface area contributed by atoms with Gasteiger partial charge < -0.3 is 15.6 Å². The number of rotatable bonds is 8. The Balaban J connectivity index is 1.37. The molecule has 1 atom stereocenters. The fraction of sp³-hybridized carbons (Fsp3) is 0.250. The molecule has 0 bridgehead atoms. The minimum Gasteiger partial charge on any atom is -0.358 e. The summed E-state index contributed by atoms with van der Waals surface area (Å²) < 4.78 is 14.5. The minimum atomic E-state index is -0.519. The van der Waals surface area contributed by atoms with E-state index in [2.05, 4.69) is 82.2 Å². The zero-order chi connectivity index (χ0) is 27.4. The fourth-order valence-corrected chi connectivity index (χ4v) is 5.09. The summed E-state index contributed by atoms with van der Waals surface area (Å²) in [6.07, 6.45) is 15.5. The summed E-state index contributed by atoms with van der Waals surface area (Å²) in [7, 11) is 0. The molecule has 200 valence electrons. The van der Waals surface area contributed by atoms with E-state index in [9.17, 15) is 9.18 Å². The molecule has 6 nitrogen and oxygen atoms in total. The molecular formula is C32H34FN5O. The quantitative estimate of drug-likeness (QED) is 0.188. The van der Waals surface area contributed by atoms with Gasteiger partial charge in [0.2, 0.25) is 0 Å². The lowest BCUT2D eigenvalue weighted by Crippen LogP contribution is -2.13. The van der Waals surface area contributed by atoms with E-state index in [4.69, 9.17) is 0 Å². The van der Waals surface area contributed by atoms with Gasteiger partial charge in [0.15, 0.2) is 5.69 Å². The molecule has 2 heterocycles. The van der Waals surface area contributed by atoms with Gasteiger partial charge in [-0.05, 0) is 80.5 Å². The molecule has 0 spiro atoms. The molecule has 39 heavy (non-hydrogen) atoms. The van der Waals surface area contributed by atoms with Crippen LogP contribution in [0.4, 0.5) is 21.5 Å². The van der Waals surface area contributed by atoms with E-state index < -0.39 is 11.7 Å². The van der Waals surface area contributed by atoms with Gasteiger partial charge in [-0.2, -0.15) is 5.10 Å². The molecule has 4 aromatic rings. The number of aryl methyl sites for hydroxylation is 2. The Kier molecular flexibility index (Phi) is 7.77. The molecule has 0 radical (unpaired) electrons. The van der Waals surface area contributed by atoms with Crippen LogP contribution in [0.15, 0.2) is 72.3 Å². The SMILES string of the molecule is CCc1[nH]c2cc(Nc3ccc(F)c(NC(=O)c4cc(C)[nH]n4)c3)ccc2c1/C=C/C1=CC=CCC[C@@H]1CC. The number of hydrogen-bond acceptors (Lipinski definition) is 3. The third-order valence-electron chi connectivity index (χ3n) is 7.23. The predicted octanol–water partition coefficient (Wildman–Crippen LogP) is 8.21. The van der Waals surface area contributed by atoms with Crippen LogP contribution in [0.3, 0.4) is 0 Å². The Bertz CT molecular complexity index is 1590. The topological polar surface area (TPSA) is 85.6 Å². The van der Waals surface area contributed by atoms with Crippen LogP contribution in [0.1, 0.15) is 60.5 Å². The molecule has 5 rings (SSSR count). The van der Waals surface area contributed by atoms with E-state index in [0.29, 0.717) is 11.6 Å². The van der Waals surface area contributed by atoms with Crippen molar-refractivity contribution in [3.63, 3.8) is 0 Å². The van der Waals surface area contributed by atoms with Crippen LogP contribution in [0.5, 0.6) is 0 Å². The van der Waals surface area contributed by atoms with Crippen molar-refractivity contribution in [1.29, 1.82) is 0 Å². The number of benzene rings is 2. The third kappa shape index (κ3) is 5.87. The van der Waals surface area contributed by atoms with Crippen molar-refractivity contribution in [1.82, 2.24) is 15.2 Å². The second-order valence-electron chi connectivity index (χ2n) is 9.95. The molecule has 0 aliphatic heterocycles. The number of amides is 1. The predicted molar refractivity (Wildman–Crippen MR) is 158 cm³/mol. The average molecular weight is 524 g/mol. The first-order chi connectivity index (χ1) is 18.9. The van der Waals surface area contributed by atoms with Crippen LogP contribution in [0, 0.1) is 18.7 Å². The molecule has 0 saturated carbocycles. The summed E-state index contributed by atoms with van der Waals surface area (Å²) in [5.41, 5.74) is 7.37. The maximum absolute atomic E-state index is 14.5. The Hall–Kier alpha value is -4.39. The van der Waals surface area contributed by atoms with Gasteiger partial charge in [-0.3, -0.25) is 9.89 Å². The van der Waals surface area contributed by atoms with Gasteiger partial charge in [0.25, 0.3) is 5.91 Å². The Morgan fingerprint density at radius 2 is 1.95 bits per heavy atom. The van der Waals surface area contributed by atoms with Crippen molar-refractivity contribution in [2.45, 2.75) is 46.5 Å². The maximum atomic E-state index is 14.5. The second-order valence-corrected chi connectivity index (χ2v) is 9.95. The van der Waals surface area contributed by atoms with E-state index in [1.165, 1.54) is 29.3 Å². The van der Waals surface area contributed by atoms with Crippen molar-refractivity contribution in [2.75, 3.05) is 10.6 Å². The number of allylic oxidation sites excluding steroid dienone is 5. The average Bonchev–Trinajstić information content (AvgIpc) is 3.44. The molecular weight excluding hydrogens is 489 g/mol. The number of aromatic nitrogens is 3. The molecule has 1 aliphatic rings. The van der Waals surface area contributed by atoms with Gasteiger partial charge in [-0.1, -0.05) is 50.3 Å². The van der Waals surface area contributed by atoms with Crippen LogP contribution in [0.25, 0.3) is 17.0 Å². The first-order valence-corrected chi connectivity index (χ1v) is 13.5. The molecule has 0 fully saturated rings. The zero-order valence-corrected chi connectivity index (χ0v) is 22.6. The molecule has 2 aromatic carbocycles. The van der Waals surface area contributed by atoms with Gasteiger partial charge in [0.05, 0.1) is 5.69 Å². The van der Waals surface area contributed by atoms with Crippen LogP contribution >= 0.6 is 0 Å². The van der Waals surface area contributed by atoms with Crippen molar-refractivity contribution < 1.29 is 9.18 Å². The molecule has 0 unspecified atom stereocenters. The molecule has 1 amide bonds. The Morgan fingerprint density at radius 3 is 2.72 bits per heavy atom. The number of H-pyrrole nitrogens is 2. The summed E-state index contributed by atoms with van der Waals surface area (Å²) in [5.74, 6) is -0.414. The number of carbonyl (C=O) groups excluding carboxylic acids is 1. The first kappa shape index (κ1) is 26.2. The molecule has 0 saturated heterocycles. The molecule has 4 N–H and O–H groups in total. The third-order valence-corrected chi connectivity index (χ3v) is 7.23. The number of hydrogen-bond donors (Lipinski definition) is 4. The van der Waals surface area contributed by atoms with Crippen molar-refractivity contribution in [2.24, 2.45) is 5.92 Å². The smallest absolute Gasteiger partial charge is 0.276 e. The summed E-state index contributed by atoms with van der Waals surface area (Å²) in [5, 5.41) is 13.8. The number of nitrogens with zero attached hydrogens (tertiary/aromatic N) is 1. The van der Waals surface area contributed by atoms with Gasteiger partial charge in [0, 0.05) is 39.2 Å². The largest absolute Gasteiger partial charge is 0.358 e. The zero-order valence-electron chi connectivity index (χ0n) is 22.6. The fourth-order valence-electron chi connectivity index (χ4n) is 5.09. The standard InChI is InChI=1S/C32H34FN5O/c1-4-21-9-7-6-8-10-22(21)11-14-25-26-15-12-23(18-29(26)35-28(25)5-2)34-24-13-16-27(33)30(19-24)36-32(39)31-17-20(3)37-38-31/h6,8,10-19,21,34-35H,4-5,7,9H2,1-3H3,(H,36,39)(H,37,38)/b14-11+/t21-/m0/s1. The lowest BCUT2D eigenvalue weighted by Gasteiger charge is -2.13. The Labute approximate surface area is 228 Å². The Morgan fingerprint density at radius 1 is 1.13 bits per heavy atom. The lowest BCUT2D eigenvalue weighted by atomic mass is 9.91. The van der Waals surface area contributed by atoms with E-state index in [1.807, 2.05) is 6.07 Å². The van der Waals surface area contributed by atoms with Crippen LogP contribution in [0.2, 0.25) is 0 Å². The number of fused-ring (bicyclic) bond motifs is 1. The van der Waals surface area contributed by atoms with Gasteiger partial charge >= 0.3 is 0 Å².